The van der Waals surface area contributed by atoms with Gasteiger partial charge < -0.3 is 5.11 Å². The highest BCUT2D eigenvalue weighted by Crippen LogP contribution is 2.19. The Morgan fingerprint density at radius 1 is 1.07 bits per heavy atom. The predicted octanol–water partition coefficient (Wildman–Crippen LogP) is 2.55. The quantitative estimate of drug-likeness (QED) is 0.806. The molecule has 0 bridgehead atoms. The molecule has 15 heavy (non-hydrogen) atoms. The molecule has 2 aromatic rings. The molecular formula is C13H13NO. The zero-order chi connectivity index (χ0) is 10.7. The molecule has 0 atom stereocenters. The van der Waals surface area contributed by atoms with Gasteiger partial charge in [-0.1, -0.05) is 29.8 Å². The molecule has 0 unspecified atom stereocenters. The monoisotopic (exact) mass is 199 g/mol. The van der Waals surface area contributed by atoms with Gasteiger partial charge in [0.1, 0.15) is 0 Å². The summed E-state index contributed by atoms with van der Waals surface area (Å²) in [6.45, 7) is 2.05. The van der Waals surface area contributed by atoms with Gasteiger partial charge in [-0.15, -0.1) is 0 Å². The van der Waals surface area contributed by atoms with Gasteiger partial charge in [-0.3, -0.25) is 4.98 Å². The first kappa shape index (κ1) is 9.87. The van der Waals surface area contributed by atoms with Crippen molar-refractivity contribution in [3.63, 3.8) is 0 Å². The average molecular weight is 199 g/mol. The van der Waals surface area contributed by atoms with Gasteiger partial charge in [0.2, 0.25) is 0 Å². The van der Waals surface area contributed by atoms with E-state index in [-0.39, 0.29) is 6.61 Å². The standard InChI is InChI=1S/C13H13NO/c1-10-2-4-11(5-3-10)12-6-7-14-13(8-12)9-15/h2-8,15H,9H2,1H3. The average Bonchev–Trinajstić information content (AvgIpc) is 2.30. The lowest BCUT2D eigenvalue weighted by molar-refractivity contribution is 0.277. The molecule has 1 aromatic heterocycles. The molecule has 76 valence electrons. The van der Waals surface area contributed by atoms with Crippen molar-refractivity contribution in [1.82, 2.24) is 4.98 Å². The largest absolute Gasteiger partial charge is 0.390 e. The molecule has 0 aliphatic carbocycles. The van der Waals surface area contributed by atoms with Crippen LogP contribution in [0.3, 0.4) is 0 Å². The normalized spacial score (nSPS) is 10.3. The van der Waals surface area contributed by atoms with E-state index in [0.717, 1.165) is 11.1 Å². The van der Waals surface area contributed by atoms with Crippen LogP contribution in [-0.2, 0) is 6.61 Å². The van der Waals surface area contributed by atoms with Crippen molar-refractivity contribution in [1.29, 1.82) is 0 Å². The van der Waals surface area contributed by atoms with Crippen molar-refractivity contribution in [3.05, 3.63) is 53.9 Å². The fourth-order valence-electron chi connectivity index (χ4n) is 1.49. The first-order chi connectivity index (χ1) is 7.29. The number of rotatable bonds is 2. The lowest BCUT2D eigenvalue weighted by Gasteiger charge is -2.03. The number of nitrogens with zero attached hydrogens (tertiary/aromatic N) is 1. The smallest absolute Gasteiger partial charge is 0.0853 e. The summed E-state index contributed by atoms with van der Waals surface area (Å²) >= 11 is 0. The third kappa shape index (κ3) is 2.22. The van der Waals surface area contributed by atoms with Crippen LogP contribution in [0.1, 0.15) is 11.3 Å². The van der Waals surface area contributed by atoms with Crippen molar-refractivity contribution in [2.24, 2.45) is 0 Å². The lowest BCUT2D eigenvalue weighted by Crippen LogP contribution is -1.89. The van der Waals surface area contributed by atoms with Gasteiger partial charge >= 0.3 is 0 Å². The van der Waals surface area contributed by atoms with E-state index in [1.165, 1.54) is 5.56 Å². The number of pyridine rings is 1. The summed E-state index contributed by atoms with van der Waals surface area (Å²) in [5.41, 5.74) is 4.19. The van der Waals surface area contributed by atoms with Crippen LogP contribution in [0, 0.1) is 6.92 Å². The SMILES string of the molecule is Cc1ccc(-c2ccnc(CO)c2)cc1. The van der Waals surface area contributed by atoms with Crippen LogP contribution in [0.2, 0.25) is 0 Å². The van der Waals surface area contributed by atoms with E-state index in [1.54, 1.807) is 6.20 Å². The minimum atomic E-state index is -0.0142. The molecule has 2 heteroatoms. The van der Waals surface area contributed by atoms with Crippen molar-refractivity contribution in [2.75, 3.05) is 0 Å². The Kier molecular flexibility index (Phi) is 2.79. The van der Waals surface area contributed by atoms with Gasteiger partial charge in [0.25, 0.3) is 0 Å². The zero-order valence-electron chi connectivity index (χ0n) is 8.64. The number of hydrogen-bond acceptors (Lipinski definition) is 2. The molecule has 1 heterocycles. The highest BCUT2D eigenvalue weighted by atomic mass is 16.3. The van der Waals surface area contributed by atoms with Gasteiger partial charge in [0.05, 0.1) is 12.3 Å². The number of aliphatic hydroxyl groups excluding tert-OH is 1. The Morgan fingerprint density at radius 2 is 1.80 bits per heavy atom. The van der Waals surface area contributed by atoms with Crippen molar-refractivity contribution >= 4 is 0 Å². The summed E-state index contributed by atoms with van der Waals surface area (Å²) in [6.07, 6.45) is 1.72. The van der Waals surface area contributed by atoms with Crippen molar-refractivity contribution < 1.29 is 5.11 Å². The number of aliphatic hydroxyl groups is 1. The summed E-state index contributed by atoms with van der Waals surface area (Å²) in [4.78, 5) is 4.05. The summed E-state index contributed by atoms with van der Waals surface area (Å²) < 4.78 is 0. The molecule has 0 saturated heterocycles. The van der Waals surface area contributed by atoms with E-state index in [1.807, 2.05) is 12.1 Å². The molecule has 0 saturated carbocycles. The van der Waals surface area contributed by atoms with Crippen molar-refractivity contribution in [2.45, 2.75) is 13.5 Å². The van der Waals surface area contributed by atoms with E-state index < -0.39 is 0 Å². The third-order valence-corrected chi connectivity index (χ3v) is 2.36. The maximum Gasteiger partial charge on any atom is 0.0853 e. The second-order valence-electron chi connectivity index (χ2n) is 3.56. The Bertz CT molecular complexity index is 448. The molecule has 0 radical (unpaired) electrons. The van der Waals surface area contributed by atoms with E-state index in [9.17, 15) is 0 Å². The molecule has 0 spiro atoms. The molecule has 0 aliphatic rings. The highest BCUT2D eigenvalue weighted by molar-refractivity contribution is 5.63. The Morgan fingerprint density at radius 3 is 2.47 bits per heavy atom. The summed E-state index contributed by atoms with van der Waals surface area (Å²) in [5, 5.41) is 8.99. The predicted molar refractivity (Wildman–Crippen MR) is 60.3 cm³/mol. The van der Waals surface area contributed by atoms with Crippen LogP contribution in [0.15, 0.2) is 42.6 Å². The first-order valence-corrected chi connectivity index (χ1v) is 4.92. The molecule has 0 aliphatic heterocycles. The van der Waals surface area contributed by atoms with Gasteiger partial charge in [0, 0.05) is 6.20 Å². The molecular weight excluding hydrogens is 186 g/mol. The van der Waals surface area contributed by atoms with Gasteiger partial charge in [-0.05, 0) is 30.2 Å². The van der Waals surface area contributed by atoms with Crippen LogP contribution in [-0.4, -0.2) is 10.1 Å². The Balaban J connectivity index is 2.40. The molecule has 1 N–H and O–H groups in total. The molecule has 0 amide bonds. The van der Waals surface area contributed by atoms with Crippen LogP contribution < -0.4 is 0 Å². The van der Waals surface area contributed by atoms with E-state index in [4.69, 9.17) is 5.11 Å². The summed E-state index contributed by atoms with van der Waals surface area (Å²) in [7, 11) is 0. The first-order valence-electron chi connectivity index (χ1n) is 4.92. The molecule has 1 aromatic carbocycles. The molecule has 0 fully saturated rings. The zero-order valence-corrected chi connectivity index (χ0v) is 8.64. The fourth-order valence-corrected chi connectivity index (χ4v) is 1.49. The van der Waals surface area contributed by atoms with E-state index in [2.05, 4.69) is 36.2 Å². The highest BCUT2D eigenvalue weighted by Gasteiger charge is 1.98. The van der Waals surface area contributed by atoms with Crippen LogP contribution in [0.4, 0.5) is 0 Å². The Hall–Kier alpha value is -1.67. The molecule has 2 rings (SSSR count). The summed E-state index contributed by atoms with van der Waals surface area (Å²) in [6, 6.07) is 12.2. The van der Waals surface area contributed by atoms with E-state index >= 15 is 0 Å². The summed E-state index contributed by atoms with van der Waals surface area (Å²) in [5.74, 6) is 0. The maximum absolute atomic E-state index is 8.99. The Labute approximate surface area is 89.2 Å². The minimum Gasteiger partial charge on any atom is -0.390 e. The van der Waals surface area contributed by atoms with Gasteiger partial charge in [-0.2, -0.15) is 0 Å². The van der Waals surface area contributed by atoms with Gasteiger partial charge in [0.15, 0.2) is 0 Å². The molecule has 2 nitrogen and oxygen atoms in total. The van der Waals surface area contributed by atoms with Crippen LogP contribution in [0.25, 0.3) is 11.1 Å². The lowest BCUT2D eigenvalue weighted by atomic mass is 10.0. The third-order valence-electron chi connectivity index (χ3n) is 2.36. The number of benzene rings is 1. The fraction of sp³-hybridized carbons (Fsp3) is 0.154. The van der Waals surface area contributed by atoms with E-state index in [0.29, 0.717) is 5.69 Å². The van der Waals surface area contributed by atoms with Crippen LogP contribution in [0.5, 0.6) is 0 Å². The number of hydrogen-bond donors (Lipinski definition) is 1. The second-order valence-corrected chi connectivity index (χ2v) is 3.56. The maximum atomic E-state index is 8.99. The van der Waals surface area contributed by atoms with Crippen LogP contribution >= 0.6 is 0 Å². The van der Waals surface area contributed by atoms with Gasteiger partial charge in [-0.25, -0.2) is 0 Å². The minimum absolute atomic E-state index is 0.0142. The number of aromatic nitrogens is 1. The number of aryl methyl sites for hydroxylation is 1. The van der Waals surface area contributed by atoms with Crippen molar-refractivity contribution in [3.8, 4) is 11.1 Å². The topological polar surface area (TPSA) is 33.1 Å². The second kappa shape index (κ2) is 4.24.